The molecule has 0 saturated carbocycles. The summed E-state index contributed by atoms with van der Waals surface area (Å²) in [5.74, 6) is 1.56. The van der Waals surface area contributed by atoms with Crippen LogP contribution in [-0.4, -0.2) is 35.8 Å². The molecule has 1 aliphatic rings. The van der Waals surface area contributed by atoms with Gasteiger partial charge in [0.25, 0.3) is 11.1 Å². The van der Waals surface area contributed by atoms with Crippen LogP contribution in [0.15, 0.2) is 64.0 Å². The summed E-state index contributed by atoms with van der Waals surface area (Å²) in [7, 11) is 0. The minimum absolute atomic E-state index is 0.176. The van der Waals surface area contributed by atoms with Crippen LogP contribution in [0.4, 0.5) is 4.79 Å². The molecule has 0 aromatic heterocycles. The normalized spacial score (nSPS) is 14.3. The molecule has 3 aromatic rings. The van der Waals surface area contributed by atoms with Crippen LogP contribution in [0.3, 0.4) is 0 Å². The fraction of sp³-hybridized carbons (Fsp3) is 0.267. The molecule has 1 heterocycles. The third-order valence-corrected chi connectivity index (χ3v) is 7.38. The zero-order valence-electron chi connectivity index (χ0n) is 21.9. The minimum Gasteiger partial charge on any atom is -0.491 e. The third-order valence-electron chi connectivity index (χ3n) is 5.88. The number of hydrogen-bond acceptors (Lipinski definition) is 6. The van der Waals surface area contributed by atoms with Crippen molar-refractivity contribution in [2.45, 2.75) is 34.3 Å². The summed E-state index contributed by atoms with van der Waals surface area (Å²) < 4.78 is 18.5. The molecule has 0 atom stereocenters. The number of halogens is 1. The molecule has 0 N–H and O–H groups in total. The smallest absolute Gasteiger partial charge is 0.293 e. The fourth-order valence-electron chi connectivity index (χ4n) is 3.99. The Morgan fingerprint density at radius 1 is 0.921 bits per heavy atom. The molecule has 2 amide bonds. The molecular weight excluding hydrogens is 566 g/mol. The first-order valence-electron chi connectivity index (χ1n) is 12.3. The number of ether oxygens (including phenoxy) is 3. The van der Waals surface area contributed by atoms with Gasteiger partial charge in [0.15, 0.2) is 11.5 Å². The molecule has 0 radical (unpaired) electrons. The highest BCUT2D eigenvalue weighted by Crippen LogP contribution is 2.39. The molecule has 0 bridgehead atoms. The summed E-state index contributed by atoms with van der Waals surface area (Å²) in [6.07, 6.45) is 1.70. The van der Waals surface area contributed by atoms with Crippen LogP contribution < -0.4 is 14.2 Å². The number of amides is 2. The summed E-state index contributed by atoms with van der Waals surface area (Å²) in [4.78, 5) is 27.2. The maximum atomic E-state index is 13.0. The molecule has 0 spiro atoms. The second kappa shape index (κ2) is 12.5. The Bertz CT molecular complexity index is 1390. The average Bonchev–Trinajstić information content (AvgIpc) is 3.13. The predicted molar refractivity (Wildman–Crippen MR) is 155 cm³/mol. The second-order valence-corrected chi connectivity index (χ2v) is 10.8. The van der Waals surface area contributed by atoms with Gasteiger partial charge in [-0.05, 0) is 102 Å². The molecule has 198 valence electrons. The largest absolute Gasteiger partial charge is 0.491 e. The number of rotatable bonds is 10. The van der Waals surface area contributed by atoms with Crippen molar-refractivity contribution in [2.24, 2.45) is 0 Å². The van der Waals surface area contributed by atoms with Crippen LogP contribution in [0, 0.1) is 20.8 Å². The number of carbonyl (C=O) groups excluding carboxylic acids is 2. The van der Waals surface area contributed by atoms with Gasteiger partial charge < -0.3 is 14.2 Å². The van der Waals surface area contributed by atoms with Gasteiger partial charge in [0.1, 0.15) is 19.0 Å². The summed E-state index contributed by atoms with van der Waals surface area (Å²) in [6.45, 7) is 9.14. The number of imide groups is 1. The molecule has 6 nitrogen and oxygen atoms in total. The monoisotopic (exact) mass is 595 g/mol. The lowest BCUT2D eigenvalue weighted by Crippen LogP contribution is -2.32. The highest BCUT2D eigenvalue weighted by Gasteiger charge is 2.35. The van der Waals surface area contributed by atoms with Gasteiger partial charge in [-0.2, -0.15) is 0 Å². The van der Waals surface area contributed by atoms with Crippen molar-refractivity contribution in [3.63, 3.8) is 0 Å². The first-order chi connectivity index (χ1) is 18.2. The van der Waals surface area contributed by atoms with Gasteiger partial charge in [-0.15, -0.1) is 0 Å². The van der Waals surface area contributed by atoms with Crippen molar-refractivity contribution >= 4 is 44.9 Å². The number of nitrogens with zero attached hydrogens (tertiary/aromatic N) is 1. The quantitative estimate of drug-likeness (QED) is 0.226. The molecule has 4 rings (SSSR count). The van der Waals surface area contributed by atoms with E-state index in [9.17, 15) is 9.59 Å². The zero-order chi connectivity index (χ0) is 27.2. The van der Waals surface area contributed by atoms with Crippen molar-refractivity contribution < 1.29 is 23.8 Å². The van der Waals surface area contributed by atoms with Crippen molar-refractivity contribution in [2.75, 3.05) is 19.8 Å². The first-order valence-corrected chi connectivity index (χ1v) is 14.0. The second-order valence-electron chi connectivity index (χ2n) is 8.99. The van der Waals surface area contributed by atoms with Crippen LogP contribution in [0.5, 0.6) is 17.2 Å². The number of benzene rings is 3. The average molecular weight is 597 g/mol. The van der Waals surface area contributed by atoms with Crippen LogP contribution in [-0.2, 0) is 11.4 Å². The highest BCUT2D eigenvalue weighted by molar-refractivity contribution is 9.10. The van der Waals surface area contributed by atoms with Crippen LogP contribution in [0.25, 0.3) is 6.08 Å². The zero-order valence-corrected chi connectivity index (χ0v) is 24.3. The van der Waals surface area contributed by atoms with Gasteiger partial charge in [0.05, 0.1) is 22.5 Å². The maximum absolute atomic E-state index is 13.0. The van der Waals surface area contributed by atoms with Crippen molar-refractivity contribution in [3.8, 4) is 17.2 Å². The Balaban J connectivity index is 1.46. The van der Waals surface area contributed by atoms with Crippen molar-refractivity contribution in [3.05, 3.63) is 91.8 Å². The molecule has 1 saturated heterocycles. The lowest BCUT2D eigenvalue weighted by Gasteiger charge is -2.15. The van der Waals surface area contributed by atoms with E-state index in [0.717, 1.165) is 45.3 Å². The maximum Gasteiger partial charge on any atom is 0.293 e. The minimum atomic E-state index is -0.335. The Labute approximate surface area is 236 Å². The molecule has 38 heavy (non-hydrogen) atoms. The van der Waals surface area contributed by atoms with Gasteiger partial charge in [-0.1, -0.05) is 42.0 Å². The van der Waals surface area contributed by atoms with Gasteiger partial charge >= 0.3 is 0 Å². The Hall–Kier alpha value is -3.23. The van der Waals surface area contributed by atoms with Gasteiger partial charge in [0, 0.05) is 0 Å². The van der Waals surface area contributed by atoms with E-state index in [0.29, 0.717) is 34.1 Å². The number of hydrogen-bond donors (Lipinski definition) is 0. The van der Waals surface area contributed by atoms with Gasteiger partial charge in [-0.25, -0.2) is 0 Å². The van der Waals surface area contributed by atoms with Crippen molar-refractivity contribution in [1.82, 2.24) is 4.90 Å². The highest BCUT2D eigenvalue weighted by atomic mass is 79.9. The lowest BCUT2D eigenvalue weighted by molar-refractivity contribution is -0.123. The number of thioether (sulfide) groups is 1. The van der Waals surface area contributed by atoms with Crippen LogP contribution >= 0.6 is 27.7 Å². The summed E-state index contributed by atoms with van der Waals surface area (Å²) in [5, 5.41) is -0.312. The van der Waals surface area contributed by atoms with Crippen LogP contribution in [0.2, 0.25) is 0 Å². The van der Waals surface area contributed by atoms with E-state index in [-0.39, 0.29) is 24.3 Å². The van der Waals surface area contributed by atoms with E-state index in [4.69, 9.17) is 14.2 Å². The van der Waals surface area contributed by atoms with Gasteiger partial charge in [0.2, 0.25) is 0 Å². The summed E-state index contributed by atoms with van der Waals surface area (Å²) in [5.41, 5.74) is 5.03. The number of aryl methyl sites for hydroxylation is 3. The molecule has 8 heteroatoms. The van der Waals surface area contributed by atoms with Gasteiger partial charge in [-0.3, -0.25) is 14.5 Å². The Kier molecular flexibility index (Phi) is 9.17. The predicted octanol–water partition coefficient (Wildman–Crippen LogP) is 7.47. The molecule has 1 aliphatic heterocycles. The SMILES string of the molecule is CCOc1cc(/C=C2\SC(=O)N(CCOc3cc(C)ccc3C)C2=O)cc(Br)c1OCc1cccc(C)c1. The topological polar surface area (TPSA) is 65.1 Å². The third kappa shape index (κ3) is 6.79. The summed E-state index contributed by atoms with van der Waals surface area (Å²) >= 11 is 4.51. The lowest BCUT2D eigenvalue weighted by atomic mass is 10.1. The standard InChI is InChI=1S/C30H30BrNO5S/c1-5-35-26-16-23(15-24(31)28(26)37-18-22-8-6-7-19(2)13-22)17-27-29(33)32(30(34)38-27)11-12-36-25-14-20(3)9-10-21(25)4/h6-10,13-17H,5,11-12,18H2,1-4H3/b27-17-. The molecule has 0 unspecified atom stereocenters. The van der Waals surface area contributed by atoms with E-state index >= 15 is 0 Å². The van der Waals surface area contributed by atoms with E-state index in [1.54, 1.807) is 6.08 Å². The Morgan fingerprint density at radius 2 is 1.71 bits per heavy atom. The first kappa shape index (κ1) is 27.8. The van der Waals surface area contributed by atoms with E-state index in [2.05, 4.69) is 22.0 Å². The molecule has 3 aromatic carbocycles. The molecule has 1 fully saturated rings. The summed E-state index contributed by atoms with van der Waals surface area (Å²) in [6, 6.07) is 17.7. The van der Waals surface area contributed by atoms with Crippen LogP contribution in [0.1, 0.15) is 34.7 Å². The van der Waals surface area contributed by atoms with Crippen molar-refractivity contribution in [1.29, 1.82) is 0 Å². The molecular formula is C30H30BrNO5S. The molecule has 0 aliphatic carbocycles. The van der Waals surface area contributed by atoms with E-state index < -0.39 is 0 Å². The Morgan fingerprint density at radius 3 is 2.47 bits per heavy atom. The van der Waals surface area contributed by atoms with E-state index in [1.165, 1.54) is 4.90 Å². The number of carbonyl (C=O) groups is 2. The fourth-order valence-corrected chi connectivity index (χ4v) is 5.42. The van der Waals surface area contributed by atoms with E-state index in [1.807, 2.05) is 76.2 Å².